The number of nitrogens with zero attached hydrogens (tertiary/aromatic N) is 2. The first-order chi connectivity index (χ1) is 12.0. The zero-order valence-electron chi connectivity index (χ0n) is 13.8. The molecule has 0 saturated carbocycles. The summed E-state index contributed by atoms with van der Waals surface area (Å²) in [6, 6.07) is 13.6. The fraction of sp³-hybridized carbons (Fsp3) is 0.278. The Morgan fingerprint density at radius 1 is 1.28 bits per heavy atom. The lowest BCUT2D eigenvalue weighted by molar-refractivity contribution is -0.384. The summed E-state index contributed by atoms with van der Waals surface area (Å²) in [7, 11) is 0. The van der Waals surface area contributed by atoms with Gasteiger partial charge in [0.1, 0.15) is 5.75 Å². The first kappa shape index (κ1) is 17.3. The van der Waals surface area contributed by atoms with Crippen molar-refractivity contribution in [2.24, 2.45) is 0 Å². The number of para-hydroxylation sites is 1. The molecular weight excluding hydrogens is 340 g/mol. The summed E-state index contributed by atoms with van der Waals surface area (Å²) in [5, 5.41) is 11.1. The van der Waals surface area contributed by atoms with Crippen LogP contribution >= 0.6 is 11.8 Å². The summed E-state index contributed by atoms with van der Waals surface area (Å²) in [6.45, 7) is 2.70. The van der Waals surface area contributed by atoms with Gasteiger partial charge in [0, 0.05) is 28.8 Å². The van der Waals surface area contributed by atoms with E-state index < -0.39 is 4.92 Å². The Morgan fingerprint density at radius 3 is 2.72 bits per heavy atom. The molecule has 1 aliphatic rings. The van der Waals surface area contributed by atoms with Gasteiger partial charge in [-0.1, -0.05) is 19.1 Å². The minimum atomic E-state index is -0.470. The number of nitro benzene ring substituents is 1. The van der Waals surface area contributed by atoms with Crippen molar-refractivity contribution in [1.29, 1.82) is 0 Å². The Kier molecular flexibility index (Phi) is 5.23. The van der Waals surface area contributed by atoms with E-state index in [1.165, 1.54) is 24.3 Å². The van der Waals surface area contributed by atoms with Crippen LogP contribution < -0.4 is 9.64 Å². The highest BCUT2D eigenvalue weighted by Crippen LogP contribution is 2.37. The number of hydrogen-bond acceptors (Lipinski definition) is 5. The smallest absolute Gasteiger partial charge is 0.269 e. The molecule has 0 bridgehead atoms. The molecule has 130 valence electrons. The van der Waals surface area contributed by atoms with Gasteiger partial charge in [-0.25, -0.2) is 0 Å². The van der Waals surface area contributed by atoms with E-state index in [-0.39, 0.29) is 18.2 Å². The predicted molar refractivity (Wildman–Crippen MR) is 97.3 cm³/mol. The predicted octanol–water partition coefficient (Wildman–Crippen LogP) is 3.89. The van der Waals surface area contributed by atoms with Gasteiger partial charge in [0.05, 0.1) is 10.6 Å². The van der Waals surface area contributed by atoms with E-state index in [1.54, 1.807) is 16.7 Å². The topological polar surface area (TPSA) is 72.7 Å². The summed E-state index contributed by atoms with van der Waals surface area (Å²) in [5.74, 6) is 0.310. The average molecular weight is 358 g/mol. The summed E-state index contributed by atoms with van der Waals surface area (Å²) in [4.78, 5) is 25.7. The van der Waals surface area contributed by atoms with Crippen LogP contribution in [-0.2, 0) is 4.79 Å². The maximum Gasteiger partial charge on any atom is 0.269 e. The third-order valence-electron chi connectivity index (χ3n) is 3.95. The van der Waals surface area contributed by atoms with Crippen molar-refractivity contribution in [3.05, 3.63) is 58.6 Å². The average Bonchev–Trinajstić information content (AvgIpc) is 2.78. The van der Waals surface area contributed by atoms with Crippen LogP contribution in [0.25, 0.3) is 0 Å². The number of thioether (sulfide) groups is 1. The highest BCUT2D eigenvalue weighted by molar-refractivity contribution is 8.00. The standard InChI is InChI=1S/C18H18N2O4S/c1-13-10-11-19(16-4-2-3-5-17(16)25-13)18(21)12-24-15-8-6-14(7-9-15)20(22)23/h2-9,13H,10-12H2,1H3/t13-/m1/s1. The number of rotatable bonds is 4. The molecular formula is C18H18N2O4S. The number of anilines is 1. The minimum Gasteiger partial charge on any atom is -0.484 e. The van der Waals surface area contributed by atoms with Crippen molar-refractivity contribution >= 4 is 29.0 Å². The lowest BCUT2D eigenvalue weighted by Crippen LogP contribution is -2.36. The molecule has 0 N–H and O–H groups in total. The Hall–Kier alpha value is -2.54. The number of benzene rings is 2. The number of non-ortho nitro benzene ring substituents is 1. The molecule has 1 aliphatic heterocycles. The van der Waals surface area contributed by atoms with Crippen LogP contribution in [0.5, 0.6) is 5.75 Å². The normalized spacial score (nSPS) is 16.7. The van der Waals surface area contributed by atoms with Crippen molar-refractivity contribution in [3.63, 3.8) is 0 Å². The largest absolute Gasteiger partial charge is 0.484 e. The molecule has 0 aliphatic carbocycles. The number of carbonyl (C=O) groups is 1. The van der Waals surface area contributed by atoms with E-state index in [4.69, 9.17) is 4.74 Å². The number of ether oxygens (including phenoxy) is 1. The van der Waals surface area contributed by atoms with E-state index in [0.29, 0.717) is 17.5 Å². The fourth-order valence-electron chi connectivity index (χ4n) is 2.63. The first-order valence-electron chi connectivity index (χ1n) is 7.98. The molecule has 0 saturated heterocycles. The number of hydrogen-bond donors (Lipinski definition) is 0. The van der Waals surface area contributed by atoms with Crippen molar-refractivity contribution in [2.75, 3.05) is 18.1 Å². The molecule has 1 amide bonds. The summed E-state index contributed by atoms with van der Waals surface area (Å²) < 4.78 is 5.52. The second-order valence-electron chi connectivity index (χ2n) is 5.77. The highest BCUT2D eigenvalue weighted by Gasteiger charge is 2.24. The number of nitro groups is 1. The van der Waals surface area contributed by atoms with Crippen LogP contribution in [0.3, 0.4) is 0 Å². The monoisotopic (exact) mass is 358 g/mol. The van der Waals surface area contributed by atoms with Gasteiger partial charge in [0.25, 0.3) is 11.6 Å². The van der Waals surface area contributed by atoms with Gasteiger partial charge in [0.15, 0.2) is 6.61 Å². The molecule has 0 radical (unpaired) electrons. The van der Waals surface area contributed by atoms with Crippen LogP contribution in [0.15, 0.2) is 53.4 Å². The van der Waals surface area contributed by atoms with E-state index in [2.05, 4.69) is 6.92 Å². The molecule has 1 heterocycles. The zero-order valence-corrected chi connectivity index (χ0v) is 14.6. The van der Waals surface area contributed by atoms with Crippen molar-refractivity contribution in [1.82, 2.24) is 0 Å². The first-order valence-corrected chi connectivity index (χ1v) is 8.86. The molecule has 7 heteroatoms. The maximum atomic E-state index is 12.7. The van der Waals surface area contributed by atoms with Crippen molar-refractivity contribution in [2.45, 2.75) is 23.5 Å². The van der Waals surface area contributed by atoms with Gasteiger partial charge in [-0.15, -0.1) is 11.8 Å². The van der Waals surface area contributed by atoms with E-state index in [0.717, 1.165) is 17.0 Å². The molecule has 25 heavy (non-hydrogen) atoms. The number of amides is 1. The van der Waals surface area contributed by atoms with Crippen molar-refractivity contribution < 1.29 is 14.5 Å². The third-order valence-corrected chi connectivity index (χ3v) is 5.19. The van der Waals surface area contributed by atoms with Crippen molar-refractivity contribution in [3.8, 4) is 5.75 Å². The van der Waals surface area contributed by atoms with Crippen LogP contribution in [0.2, 0.25) is 0 Å². The number of carbonyl (C=O) groups excluding carboxylic acids is 1. The van der Waals surface area contributed by atoms with Gasteiger partial charge in [-0.2, -0.15) is 0 Å². The lowest BCUT2D eigenvalue weighted by atomic mass is 10.2. The third kappa shape index (κ3) is 4.11. The van der Waals surface area contributed by atoms with Gasteiger partial charge in [0.2, 0.25) is 0 Å². The van der Waals surface area contributed by atoms with Gasteiger partial charge in [-0.05, 0) is 30.7 Å². The molecule has 1 atom stereocenters. The SMILES string of the molecule is C[C@@H]1CCN(C(=O)COc2ccc([N+](=O)[O-])cc2)c2ccccc2S1. The Morgan fingerprint density at radius 2 is 2.00 bits per heavy atom. The Labute approximate surface area is 149 Å². The van der Waals surface area contributed by atoms with Crippen LogP contribution in [0, 0.1) is 10.1 Å². The van der Waals surface area contributed by atoms with E-state index in [1.807, 2.05) is 24.3 Å². The molecule has 2 aromatic carbocycles. The summed E-state index contributed by atoms with van der Waals surface area (Å²) >= 11 is 1.77. The molecule has 0 fully saturated rings. The minimum absolute atomic E-state index is 0.00821. The van der Waals surface area contributed by atoms with Gasteiger partial charge >= 0.3 is 0 Å². The quantitative estimate of drug-likeness (QED) is 0.612. The number of fused-ring (bicyclic) bond motifs is 1. The molecule has 6 nitrogen and oxygen atoms in total. The summed E-state index contributed by atoms with van der Waals surface area (Å²) in [6.07, 6.45) is 0.905. The zero-order chi connectivity index (χ0) is 17.8. The molecule has 0 aromatic heterocycles. The Bertz CT molecular complexity index is 779. The van der Waals surface area contributed by atoms with Gasteiger partial charge in [-0.3, -0.25) is 14.9 Å². The molecule has 2 aromatic rings. The second kappa shape index (κ2) is 7.57. The van der Waals surface area contributed by atoms with Crippen LogP contribution in [0.1, 0.15) is 13.3 Å². The van der Waals surface area contributed by atoms with Gasteiger partial charge < -0.3 is 9.64 Å². The fourth-order valence-corrected chi connectivity index (χ4v) is 3.75. The molecule has 0 unspecified atom stereocenters. The van der Waals surface area contributed by atoms with Crippen LogP contribution in [0.4, 0.5) is 11.4 Å². The van der Waals surface area contributed by atoms with E-state index >= 15 is 0 Å². The highest BCUT2D eigenvalue weighted by atomic mass is 32.2. The maximum absolute atomic E-state index is 12.7. The second-order valence-corrected chi connectivity index (χ2v) is 7.25. The molecule has 3 rings (SSSR count). The van der Waals surface area contributed by atoms with Crippen LogP contribution in [-0.4, -0.2) is 29.2 Å². The Balaban J connectivity index is 1.69. The summed E-state index contributed by atoms with van der Waals surface area (Å²) in [5.41, 5.74) is 0.903. The van der Waals surface area contributed by atoms with E-state index in [9.17, 15) is 14.9 Å². The molecule has 0 spiro atoms. The lowest BCUT2D eigenvalue weighted by Gasteiger charge is -2.22.